The van der Waals surface area contributed by atoms with E-state index in [9.17, 15) is 9.90 Å². The summed E-state index contributed by atoms with van der Waals surface area (Å²) < 4.78 is 1.75. The Hall–Kier alpha value is -2.66. The van der Waals surface area contributed by atoms with Gasteiger partial charge in [-0.1, -0.05) is 36.4 Å². The molecule has 2 heterocycles. The summed E-state index contributed by atoms with van der Waals surface area (Å²) in [6.07, 6.45) is 3.83. The molecule has 2 aromatic heterocycles. The SMILES string of the molecule is O=C(NC(CCO)c1ccccc1)c1cnc2ccccn12. The maximum atomic E-state index is 12.5. The zero-order valence-corrected chi connectivity index (χ0v) is 12.0. The average molecular weight is 295 g/mol. The van der Waals surface area contributed by atoms with Crippen LogP contribution < -0.4 is 5.32 Å². The number of aliphatic hydroxyl groups is 1. The fourth-order valence-corrected chi connectivity index (χ4v) is 2.47. The number of imidazole rings is 1. The molecule has 0 aliphatic rings. The van der Waals surface area contributed by atoms with Crippen LogP contribution in [0.15, 0.2) is 60.9 Å². The average Bonchev–Trinajstić information content (AvgIpc) is 2.99. The van der Waals surface area contributed by atoms with Gasteiger partial charge in [-0.25, -0.2) is 4.98 Å². The summed E-state index contributed by atoms with van der Waals surface area (Å²) in [7, 11) is 0. The van der Waals surface area contributed by atoms with Gasteiger partial charge in [0.25, 0.3) is 5.91 Å². The smallest absolute Gasteiger partial charge is 0.270 e. The Kier molecular flexibility index (Phi) is 4.16. The first kappa shape index (κ1) is 14.3. The molecule has 0 radical (unpaired) electrons. The predicted molar refractivity (Wildman–Crippen MR) is 83.5 cm³/mol. The molecule has 22 heavy (non-hydrogen) atoms. The summed E-state index contributed by atoms with van der Waals surface area (Å²) in [6, 6.07) is 15.0. The lowest BCUT2D eigenvalue weighted by Crippen LogP contribution is -2.30. The molecule has 2 N–H and O–H groups in total. The summed E-state index contributed by atoms with van der Waals surface area (Å²) >= 11 is 0. The molecule has 5 heteroatoms. The number of aliphatic hydroxyl groups excluding tert-OH is 1. The molecule has 0 fully saturated rings. The number of hydrogen-bond acceptors (Lipinski definition) is 3. The summed E-state index contributed by atoms with van der Waals surface area (Å²) in [6.45, 7) is 0.00694. The van der Waals surface area contributed by atoms with Crippen LogP contribution in [0.2, 0.25) is 0 Å². The largest absolute Gasteiger partial charge is 0.396 e. The third-order valence-corrected chi connectivity index (χ3v) is 3.57. The van der Waals surface area contributed by atoms with Crippen LogP contribution in [0.1, 0.15) is 28.5 Å². The molecule has 0 aliphatic heterocycles. The highest BCUT2D eigenvalue weighted by Gasteiger charge is 2.17. The molecule has 0 bridgehead atoms. The number of nitrogens with one attached hydrogen (secondary N) is 1. The second-order valence-electron chi connectivity index (χ2n) is 5.02. The summed E-state index contributed by atoms with van der Waals surface area (Å²) in [4.78, 5) is 16.7. The van der Waals surface area contributed by atoms with Crippen molar-refractivity contribution in [3.8, 4) is 0 Å². The molecule has 3 aromatic rings. The Morgan fingerprint density at radius 1 is 1.18 bits per heavy atom. The van der Waals surface area contributed by atoms with Crippen molar-refractivity contribution in [2.45, 2.75) is 12.5 Å². The minimum Gasteiger partial charge on any atom is -0.396 e. The van der Waals surface area contributed by atoms with Crippen molar-refractivity contribution in [2.75, 3.05) is 6.61 Å². The highest BCUT2D eigenvalue weighted by molar-refractivity contribution is 5.93. The van der Waals surface area contributed by atoms with Gasteiger partial charge in [-0.2, -0.15) is 0 Å². The maximum Gasteiger partial charge on any atom is 0.270 e. The Labute approximate surface area is 128 Å². The van der Waals surface area contributed by atoms with Gasteiger partial charge in [0.05, 0.1) is 12.2 Å². The van der Waals surface area contributed by atoms with Crippen LogP contribution in [-0.4, -0.2) is 27.0 Å². The van der Waals surface area contributed by atoms with Gasteiger partial charge in [-0.05, 0) is 24.1 Å². The van der Waals surface area contributed by atoms with E-state index in [0.717, 1.165) is 11.2 Å². The topological polar surface area (TPSA) is 66.6 Å². The van der Waals surface area contributed by atoms with E-state index in [1.807, 2.05) is 48.5 Å². The van der Waals surface area contributed by atoms with Gasteiger partial charge in [0.15, 0.2) is 0 Å². The van der Waals surface area contributed by atoms with Crippen molar-refractivity contribution in [3.05, 3.63) is 72.2 Å². The van der Waals surface area contributed by atoms with E-state index in [4.69, 9.17) is 0 Å². The zero-order chi connectivity index (χ0) is 15.4. The van der Waals surface area contributed by atoms with Crippen LogP contribution in [0.5, 0.6) is 0 Å². The van der Waals surface area contributed by atoms with Crippen molar-refractivity contribution >= 4 is 11.6 Å². The lowest BCUT2D eigenvalue weighted by molar-refractivity contribution is 0.0924. The lowest BCUT2D eigenvalue weighted by atomic mass is 10.0. The van der Waals surface area contributed by atoms with Crippen molar-refractivity contribution < 1.29 is 9.90 Å². The Morgan fingerprint density at radius 2 is 1.95 bits per heavy atom. The lowest BCUT2D eigenvalue weighted by Gasteiger charge is -2.18. The first-order valence-electron chi connectivity index (χ1n) is 7.18. The van der Waals surface area contributed by atoms with Gasteiger partial charge in [-0.3, -0.25) is 9.20 Å². The van der Waals surface area contributed by atoms with Crippen molar-refractivity contribution in [1.82, 2.24) is 14.7 Å². The second-order valence-corrected chi connectivity index (χ2v) is 5.02. The van der Waals surface area contributed by atoms with E-state index < -0.39 is 0 Å². The van der Waals surface area contributed by atoms with E-state index in [2.05, 4.69) is 10.3 Å². The molecule has 5 nitrogen and oxygen atoms in total. The number of hydrogen-bond donors (Lipinski definition) is 2. The molecule has 1 unspecified atom stereocenters. The molecule has 0 aliphatic carbocycles. The highest BCUT2D eigenvalue weighted by atomic mass is 16.3. The fourth-order valence-electron chi connectivity index (χ4n) is 2.47. The maximum absolute atomic E-state index is 12.5. The van der Waals surface area contributed by atoms with Crippen molar-refractivity contribution in [3.63, 3.8) is 0 Å². The quantitative estimate of drug-likeness (QED) is 0.758. The third-order valence-electron chi connectivity index (χ3n) is 3.57. The molecule has 112 valence electrons. The number of aromatic nitrogens is 2. The van der Waals surface area contributed by atoms with Crippen LogP contribution in [-0.2, 0) is 0 Å². The molecule has 1 aromatic carbocycles. The van der Waals surface area contributed by atoms with Crippen molar-refractivity contribution in [2.24, 2.45) is 0 Å². The highest BCUT2D eigenvalue weighted by Crippen LogP contribution is 2.17. The van der Waals surface area contributed by atoms with Gasteiger partial charge in [0.1, 0.15) is 11.3 Å². The zero-order valence-electron chi connectivity index (χ0n) is 12.0. The Balaban J connectivity index is 1.85. The molecule has 0 saturated heterocycles. The van der Waals surface area contributed by atoms with Crippen LogP contribution in [0.3, 0.4) is 0 Å². The van der Waals surface area contributed by atoms with E-state index in [-0.39, 0.29) is 18.6 Å². The van der Waals surface area contributed by atoms with Gasteiger partial charge >= 0.3 is 0 Å². The van der Waals surface area contributed by atoms with Crippen molar-refractivity contribution in [1.29, 1.82) is 0 Å². The monoisotopic (exact) mass is 295 g/mol. The Bertz CT molecular complexity index is 768. The Morgan fingerprint density at radius 3 is 2.73 bits per heavy atom. The van der Waals surface area contributed by atoms with Crippen LogP contribution in [0.4, 0.5) is 0 Å². The fraction of sp³-hybridized carbons (Fsp3) is 0.176. The summed E-state index contributed by atoms with van der Waals surface area (Å²) in [5.41, 5.74) is 2.18. The number of carbonyl (C=O) groups is 1. The first-order chi connectivity index (χ1) is 10.8. The normalized spacial score (nSPS) is 12.2. The van der Waals surface area contributed by atoms with Gasteiger partial charge in [0, 0.05) is 12.8 Å². The molecule has 1 amide bonds. The van der Waals surface area contributed by atoms with Crippen LogP contribution >= 0.6 is 0 Å². The number of benzene rings is 1. The molecular weight excluding hydrogens is 278 g/mol. The van der Waals surface area contributed by atoms with E-state index in [0.29, 0.717) is 12.1 Å². The summed E-state index contributed by atoms with van der Waals surface area (Å²) in [5, 5.41) is 12.2. The third kappa shape index (κ3) is 2.84. The summed E-state index contributed by atoms with van der Waals surface area (Å²) in [5.74, 6) is -0.207. The van der Waals surface area contributed by atoms with Crippen LogP contribution in [0, 0.1) is 0 Å². The minimum atomic E-state index is -0.229. The molecule has 0 spiro atoms. The van der Waals surface area contributed by atoms with Crippen LogP contribution in [0.25, 0.3) is 5.65 Å². The molecule has 0 saturated carbocycles. The van der Waals surface area contributed by atoms with Gasteiger partial charge < -0.3 is 10.4 Å². The second kappa shape index (κ2) is 6.41. The number of nitrogens with zero attached hydrogens (tertiary/aromatic N) is 2. The number of rotatable bonds is 5. The number of pyridine rings is 1. The first-order valence-corrected chi connectivity index (χ1v) is 7.18. The molecular formula is C17H17N3O2. The van der Waals surface area contributed by atoms with E-state index in [1.165, 1.54) is 0 Å². The number of carbonyl (C=O) groups excluding carboxylic acids is 1. The molecule has 1 atom stereocenters. The number of amides is 1. The van der Waals surface area contributed by atoms with E-state index in [1.54, 1.807) is 16.8 Å². The van der Waals surface area contributed by atoms with E-state index >= 15 is 0 Å². The predicted octanol–water partition coefficient (Wildman–Crippen LogP) is 2.19. The molecule has 3 rings (SSSR count). The minimum absolute atomic E-state index is 0.00694. The van der Waals surface area contributed by atoms with Gasteiger partial charge in [0.2, 0.25) is 0 Å². The standard InChI is InChI=1S/C17H17N3O2/c21-11-9-14(13-6-2-1-3-7-13)19-17(22)15-12-18-16-8-4-5-10-20(15)16/h1-8,10,12,14,21H,9,11H2,(H,19,22). The van der Waals surface area contributed by atoms with Gasteiger partial charge in [-0.15, -0.1) is 0 Å². The number of fused-ring (bicyclic) bond motifs is 1.